The molecule has 8 rings (SSSR count). The first-order valence-electron chi connectivity index (χ1n) is 21.3. The average molecular weight is 789 g/mol. The first-order chi connectivity index (χ1) is 29.1. The maximum atomic E-state index is 13.9. The van der Waals surface area contributed by atoms with Crippen molar-refractivity contribution in [3.05, 3.63) is 150 Å². The number of hydrogen-bond donors (Lipinski definition) is 4. The topological polar surface area (TPSA) is 122 Å². The highest BCUT2D eigenvalue weighted by Crippen LogP contribution is 2.38. The number of likely N-dealkylation sites (N-methyl/N-ethyl adjacent to an activating group) is 2. The molecular weight excluding hydrogens is 733 g/mol. The summed E-state index contributed by atoms with van der Waals surface area (Å²) in [6.45, 7) is 11.0. The van der Waals surface area contributed by atoms with Gasteiger partial charge in [-0.3, -0.25) is 4.79 Å². The molecule has 4 N–H and O–H groups in total. The largest absolute Gasteiger partial charge is 0.354 e. The molecule has 4 atom stereocenters. The Balaban J connectivity index is 0.00000260. The quantitative estimate of drug-likeness (QED) is 0.0812. The van der Waals surface area contributed by atoms with Crippen LogP contribution in [0.4, 0.5) is 0 Å². The zero-order valence-corrected chi connectivity index (χ0v) is 34.6. The number of aromatic amines is 2. The maximum absolute atomic E-state index is 13.9. The number of carbonyl (C=O) groups excluding carboxylic acids is 2. The minimum absolute atomic E-state index is 0.0292. The second-order valence-corrected chi connectivity index (χ2v) is 14.9. The lowest BCUT2D eigenvalue weighted by Gasteiger charge is -2.31. The van der Waals surface area contributed by atoms with E-state index in [1.807, 2.05) is 86.6 Å². The van der Waals surface area contributed by atoms with Gasteiger partial charge in [-0.2, -0.15) is 0 Å². The van der Waals surface area contributed by atoms with E-state index in [0.717, 1.165) is 102 Å². The number of aromatic nitrogens is 4. The molecule has 0 aliphatic carbocycles. The third-order valence-corrected chi connectivity index (χ3v) is 11.4. The summed E-state index contributed by atoms with van der Waals surface area (Å²) in [5, 5.41) is 6.89. The Bertz CT molecular complexity index is 2300. The van der Waals surface area contributed by atoms with Crippen LogP contribution >= 0.6 is 0 Å². The summed E-state index contributed by atoms with van der Waals surface area (Å²) in [4.78, 5) is 47.2. The van der Waals surface area contributed by atoms with Gasteiger partial charge in [0.05, 0.1) is 41.9 Å². The lowest BCUT2D eigenvalue weighted by Crippen LogP contribution is -2.40. The van der Waals surface area contributed by atoms with Crippen molar-refractivity contribution in [3.63, 3.8) is 0 Å². The number of nitrogens with one attached hydrogen (secondary N) is 4. The van der Waals surface area contributed by atoms with E-state index in [9.17, 15) is 9.59 Å². The molecule has 2 aliphatic heterocycles. The Labute approximate surface area is 348 Å². The van der Waals surface area contributed by atoms with Gasteiger partial charge in [-0.05, 0) is 72.2 Å². The molecule has 10 nitrogen and oxygen atoms in total. The number of nitrogens with zero attached hydrogens (tertiary/aromatic N) is 4. The highest BCUT2D eigenvalue weighted by molar-refractivity contribution is 5.84. The summed E-state index contributed by atoms with van der Waals surface area (Å²) in [5.41, 5.74) is 8.83. The molecule has 2 aliphatic rings. The lowest BCUT2D eigenvalue weighted by atomic mass is 10.0. The lowest BCUT2D eigenvalue weighted by molar-refractivity contribution is -0.134. The molecule has 0 saturated carbocycles. The van der Waals surface area contributed by atoms with Crippen molar-refractivity contribution < 1.29 is 9.59 Å². The van der Waals surface area contributed by atoms with Crippen molar-refractivity contribution in [2.45, 2.75) is 77.5 Å². The summed E-state index contributed by atoms with van der Waals surface area (Å²) in [6.07, 6.45) is 7.47. The first-order valence-corrected chi connectivity index (χ1v) is 21.3. The fraction of sp³-hybridized carbons (Fsp3) is 0.327. The van der Waals surface area contributed by atoms with E-state index in [-0.39, 0.29) is 30.1 Å². The second kappa shape index (κ2) is 19.6. The number of amides is 1. The predicted molar refractivity (Wildman–Crippen MR) is 236 cm³/mol. The minimum atomic E-state index is -0.380. The summed E-state index contributed by atoms with van der Waals surface area (Å²) in [5.74, 6) is 4.07. The van der Waals surface area contributed by atoms with E-state index in [1.54, 1.807) is 0 Å². The average Bonchev–Trinajstić information content (AvgIpc) is 4.15. The van der Waals surface area contributed by atoms with Gasteiger partial charge in [0.15, 0.2) is 0 Å². The number of likely N-dealkylation sites (tertiary alicyclic amines) is 2. The van der Waals surface area contributed by atoms with Gasteiger partial charge in [0, 0.05) is 13.1 Å². The normalized spacial score (nSPS) is 17.2. The van der Waals surface area contributed by atoms with Crippen LogP contribution in [0.5, 0.6) is 0 Å². The Morgan fingerprint density at radius 3 is 1.54 bits per heavy atom. The minimum Gasteiger partial charge on any atom is -0.354 e. The third kappa shape index (κ3) is 9.00. The zero-order chi connectivity index (χ0) is 41.1. The van der Waals surface area contributed by atoms with Gasteiger partial charge in [-0.1, -0.05) is 137 Å². The van der Waals surface area contributed by atoms with Gasteiger partial charge in [0.2, 0.25) is 5.91 Å². The standard InChI is InChI=1S/C47H50N8O2.C2H6/c1-3-48-43(36-13-7-5-8-14-36)42(31-56)54-27-11-17-40(54)45-50-29-38(52-45)34-23-19-32(20-24-34)33-21-25-35(26-22-33)39-30-51-46(53-39)41-18-12-28-55(41)47(57)44(49-4-2)37-15-9-6-10-16-37;1-2/h5-10,13-16,19-26,29-30,40-41,43-44,48-49H,3-4,11-12,17-18,27-28H2,1-2H3,(H,50,52)(H,51,53);1-2H3/t40-,41-,43+,44+;/m0./s1. The highest BCUT2D eigenvalue weighted by atomic mass is 16.2. The van der Waals surface area contributed by atoms with E-state index < -0.39 is 0 Å². The fourth-order valence-electron chi connectivity index (χ4n) is 8.51. The number of imidazole rings is 2. The van der Waals surface area contributed by atoms with E-state index in [1.165, 1.54) is 0 Å². The number of benzene rings is 4. The summed E-state index contributed by atoms with van der Waals surface area (Å²) >= 11 is 0. The maximum Gasteiger partial charge on any atom is 0.244 e. The van der Waals surface area contributed by atoms with Crippen LogP contribution in [0.25, 0.3) is 33.6 Å². The second-order valence-electron chi connectivity index (χ2n) is 14.9. The van der Waals surface area contributed by atoms with Crippen LogP contribution in [-0.4, -0.2) is 67.8 Å². The summed E-state index contributed by atoms with van der Waals surface area (Å²) in [7, 11) is 0. The van der Waals surface area contributed by atoms with Crippen molar-refractivity contribution in [1.82, 2.24) is 40.4 Å². The molecule has 0 radical (unpaired) electrons. The van der Waals surface area contributed by atoms with Crippen molar-refractivity contribution in [2.75, 3.05) is 26.2 Å². The van der Waals surface area contributed by atoms with E-state index >= 15 is 0 Å². The molecule has 4 heterocycles. The van der Waals surface area contributed by atoms with Crippen molar-refractivity contribution in [1.29, 1.82) is 0 Å². The van der Waals surface area contributed by atoms with Gasteiger partial charge in [-0.15, -0.1) is 0 Å². The molecule has 10 heteroatoms. The molecular formula is C49H56N8O2. The molecule has 0 spiro atoms. The monoisotopic (exact) mass is 788 g/mol. The smallest absolute Gasteiger partial charge is 0.244 e. The van der Waals surface area contributed by atoms with Gasteiger partial charge in [-0.25, -0.2) is 14.8 Å². The fourth-order valence-corrected chi connectivity index (χ4v) is 8.51. The van der Waals surface area contributed by atoms with Crippen molar-refractivity contribution in [2.24, 2.45) is 0 Å². The van der Waals surface area contributed by atoms with Crippen LogP contribution in [0.1, 0.15) is 100 Å². The SMILES string of the molecule is CC.CCN[C@@H](C(=O)N1CCC[C@H]1c1ncc(-c2ccc(-c3ccc(-c4cnc([C@@H]5CCCN5C(=C=O)[C@H](NCC)c5ccccc5)[nH]4)cc3)cc2)[nH]1)c1ccccc1. The van der Waals surface area contributed by atoms with Crippen LogP contribution in [0.3, 0.4) is 0 Å². The first kappa shape index (κ1) is 41.1. The molecule has 0 bridgehead atoms. The molecule has 59 heavy (non-hydrogen) atoms. The van der Waals surface area contributed by atoms with Gasteiger partial charge in [0.25, 0.3) is 0 Å². The van der Waals surface area contributed by atoms with Crippen LogP contribution in [0, 0.1) is 0 Å². The number of hydrogen-bond acceptors (Lipinski definition) is 7. The molecule has 0 unspecified atom stereocenters. The Hall–Kier alpha value is -6.06. The van der Waals surface area contributed by atoms with Crippen LogP contribution in [0.2, 0.25) is 0 Å². The third-order valence-electron chi connectivity index (χ3n) is 11.4. The van der Waals surface area contributed by atoms with Crippen LogP contribution < -0.4 is 10.6 Å². The molecule has 6 aromatic rings. The van der Waals surface area contributed by atoms with E-state index in [0.29, 0.717) is 12.2 Å². The Kier molecular flexibility index (Phi) is 13.7. The summed E-state index contributed by atoms with van der Waals surface area (Å²) < 4.78 is 0. The van der Waals surface area contributed by atoms with E-state index in [4.69, 9.17) is 9.97 Å². The van der Waals surface area contributed by atoms with Crippen molar-refractivity contribution in [3.8, 4) is 33.6 Å². The molecule has 4 aromatic carbocycles. The van der Waals surface area contributed by atoms with Crippen LogP contribution in [-0.2, 0) is 9.59 Å². The molecule has 304 valence electrons. The molecule has 2 fully saturated rings. The number of rotatable bonds is 14. The van der Waals surface area contributed by atoms with Crippen LogP contribution in [0.15, 0.2) is 127 Å². The molecule has 2 saturated heterocycles. The Morgan fingerprint density at radius 2 is 1.07 bits per heavy atom. The van der Waals surface area contributed by atoms with Gasteiger partial charge in [0.1, 0.15) is 29.3 Å². The summed E-state index contributed by atoms with van der Waals surface area (Å²) in [6, 6.07) is 36.3. The Morgan fingerprint density at radius 1 is 0.644 bits per heavy atom. The zero-order valence-electron chi connectivity index (χ0n) is 34.6. The number of carbonyl (C=O) groups is 1. The van der Waals surface area contributed by atoms with E-state index in [2.05, 4.69) is 99.0 Å². The van der Waals surface area contributed by atoms with Gasteiger partial charge >= 0.3 is 0 Å². The molecule has 1 amide bonds. The predicted octanol–water partition coefficient (Wildman–Crippen LogP) is 9.38. The van der Waals surface area contributed by atoms with Crippen molar-refractivity contribution >= 4 is 11.8 Å². The molecule has 2 aromatic heterocycles. The number of H-pyrrole nitrogens is 2. The highest BCUT2D eigenvalue weighted by Gasteiger charge is 2.36. The van der Waals surface area contributed by atoms with Gasteiger partial charge < -0.3 is 30.4 Å².